The number of nitrogens with one attached hydrogen (secondary N) is 1. The predicted octanol–water partition coefficient (Wildman–Crippen LogP) is 4.34. The molecule has 0 aliphatic rings. The Morgan fingerprint density at radius 2 is 1.62 bits per heavy atom. The van der Waals surface area contributed by atoms with Gasteiger partial charge in [-0.25, -0.2) is 0 Å². The number of likely N-dealkylation sites (N-methyl/N-ethyl adjacent to an activating group) is 1. The Hall–Kier alpha value is -1.80. The number of ether oxygens (including phenoxy) is 1. The first-order chi connectivity index (χ1) is 10.0. The fraction of sp³-hybridized carbons (Fsp3) is 0.368. The number of hydrogen-bond donors (Lipinski definition) is 1. The summed E-state index contributed by atoms with van der Waals surface area (Å²) in [6.45, 7) is 8.44. The van der Waals surface area contributed by atoms with Crippen LogP contribution in [0.25, 0.3) is 0 Å². The normalized spacial score (nSPS) is 13.8. The molecule has 0 aliphatic carbocycles. The predicted molar refractivity (Wildman–Crippen MR) is 89.0 cm³/mol. The summed E-state index contributed by atoms with van der Waals surface area (Å²) in [6, 6.07) is 15.0. The van der Waals surface area contributed by atoms with Crippen LogP contribution in [0, 0.1) is 20.8 Å². The zero-order chi connectivity index (χ0) is 15.4. The van der Waals surface area contributed by atoms with Crippen LogP contribution in [-0.2, 0) is 0 Å². The van der Waals surface area contributed by atoms with Crippen molar-refractivity contribution in [3.63, 3.8) is 0 Å². The molecule has 0 heterocycles. The average molecular weight is 283 g/mol. The molecule has 21 heavy (non-hydrogen) atoms. The highest BCUT2D eigenvalue weighted by Gasteiger charge is 2.19. The third-order valence-electron chi connectivity index (χ3n) is 4.08. The summed E-state index contributed by atoms with van der Waals surface area (Å²) in [6.07, 6.45) is 0.0539. The monoisotopic (exact) mass is 283 g/mol. The molecular formula is C19H25NO. The topological polar surface area (TPSA) is 21.3 Å². The van der Waals surface area contributed by atoms with Gasteiger partial charge in [-0.2, -0.15) is 0 Å². The molecule has 0 amide bonds. The first-order valence-electron chi connectivity index (χ1n) is 7.49. The molecule has 0 bridgehead atoms. The molecule has 0 aromatic heterocycles. The van der Waals surface area contributed by atoms with E-state index < -0.39 is 0 Å². The van der Waals surface area contributed by atoms with Gasteiger partial charge in [-0.15, -0.1) is 0 Å². The maximum atomic E-state index is 6.20. The van der Waals surface area contributed by atoms with Crippen molar-refractivity contribution in [2.24, 2.45) is 0 Å². The molecule has 0 fully saturated rings. The molecule has 2 atom stereocenters. The fourth-order valence-electron chi connectivity index (χ4n) is 2.57. The maximum Gasteiger partial charge on any atom is 0.122 e. The SMILES string of the molecule is CNC(c1ccc(C)cc1)C(C)Oc1cccc(C)c1C. The second-order valence-corrected chi connectivity index (χ2v) is 5.70. The van der Waals surface area contributed by atoms with Crippen LogP contribution in [0.1, 0.15) is 35.2 Å². The smallest absolute Gasteiger partial charge is 0.122 e. The Kier molecular flexibility index (Phi) is 5.03. The van der Waals surface area contributed by atoms with Crippen LogP contribution >= 0.6 is 0 Å². The van der Waals surface area contributed by atoms with Gasteiger partial charge in [0, 0.05) is 0 Å². The standard InChI is InChI=1S/C19H25NO/c1-13-9-11-17(12-10-13)19(20-5)16(4)21-18-8-6-7-14(2)15(18)3/h6-12,16,19-20H,1-5H3. The van der Waals surface area contributed by atoms with Gasteiger partial charge < -0.3 is 10.1 Å². The summed E-state index contributed by atoms with van der Waals surface area (Å²) in [7, 11) is 1.98. The summed E-state index contributed by atoms with van der Waals surface area (Å²) in [5, 5.41) is 3.37. The lowest BCUT2D eigenvalue weighted by atomic mass is 10.0. The summed E-state index contributed by atoms with van der Waals surface area (Å²) >= 11 is 0. The maximum absolute atomic E-state index is 6.20. The molecule has 0 radical (unpaired) electrons. The van der Waals surface area contributed by atoms with E-state index in [1.807, 2.05) is 19.2 Å². The molecular weight excluding hydrogens is 258 g/mol. The number of rotatable bonds is 5. The van der Waals surface area contributed by atoms with Crippen LogP contribution in [0.2, 0.25) is 0 Å². The van der Waals surface area contributed by atoms with Gasteiger partial charge in [0.05, 0.1) is 6.04 Å². The highest BCUT2D eigenvalue weighted by atomic mass is 16.5. The van der Waals surface area contributed by atoms with Gasteiger partial charge in [0.1, 0.15) is 11.9 Å². The van der Waals surface area contributed by atoms with Crippen molar-refractivity contribution in [1.29, 1.82) is 0 Å². The summed E-state index contributed by atoms with van der Waals surface area (Å²) < 4.78 is 6.20. The molecule has 2 unspecified atom stereocenters. The Morgan fingerprint density at radius 3 is 2.24 bits per heavy atom. The van der Waals surface area contributed by atoms with E-state index in [0.29, 0.717) is 0 Å². The highest BCUT2D eigenvalue weighted by molar-refractivity contribution is 5.38. The van der Waals surface area contributed by atoms with Crippen molar-refractivity contribution >= 4 is 0 Å². The summed E-state index contributed by atoms with van der Waals surface area (Å²) in [5.74, 6) is 0.967. The minimum absolute atomic E-state index is 0.0539. The van der Waals surface area contributed by atoms with E-state index in [0.717, 1.165) is 5.75 Å². The van der Waals surface area contributed by atoms with E-state index in [4.69, 9.17) is 4.74 Å². The minimum Gasteiger partial charge on any atom is -0.488 e. The molecule has 0 saturated carbocycles. The van der Waals surface area contributed by atoms with Gasteiger partial charge in [0.25, 0.3) is 0 Å². The second kappa shape index (κ2) is 6.77. The minimum atomic E-state index is 0.0539. The van der Waals surface area contributed by atoms with Crippen molar-refractivity contribution in [2.75, 3.05) is 7.05 Å². The van der Waals surface area contributed by atoms with Gasteiger partial charge in [-0.1, -0.05) is 42.0 Å². The molecule has 2 aromatic rings. The molecule has 2 nitrogen and oxygen atoms in total. The molecule has 0 aliphatic heterocycles. The van der Waals surface area contributed by atoms with Gasteiger partial charge in [0.15, 0.2) is 0 Å². The van der Waals surface area contributed by atoms with Crippen molar-refractivity contribution in [3.8, 4) is 5.75 Å². The zero-order valence-corrected chi connectivity index (χ0v) is 13.6. The first-order valence-corrected chi connectivity index (χ1v) is 7.49. The number of aryl methyl sites for hydroxylation is 2. The molecule has 0 spiro atoms. The van der Waals surface area contributed by atoms with Gasteiger partial charge in [0.2, 0.25) is 0 Å². The van der Waals surface area contributed by atoms with E-state index in [1.54, 1.807) is 0 Å². The van der Waals surface area contributed by atoms with E-state index in [9.17, 15) is 0 Å². The van der Waals surface area contributed by atoms with E-state index in [2.05, 4.69) is 63.3 Å². The molecule has 2 aromatic carbocycles. The number of hydrogen-bond acceptors (Lipinski definition) is 2. The van der Waals surface area contributed by atoms with Crippen LogP contribution in [0.15, 0.2) is 42.5 Å². The van der Waals surface area contributed by atoms with Crippen molar-refractivity contribution < 1.29 is 4.74 Å². The Balaban J connectivity index is 2.18. The molecule has 1 N–H and O–H groups in total. The third-order valence-corrected chi connectivity index (χ3v) is 4.08. The van der Waals surface area contributed by atoms with Crippen LogP contribution < -0.4 is 10.1 Å². The lowest BCUT2D eigenvalue weighted by molar-refractivity contribution is 0.174. The summed E-state index contributed by atoms with van der Waals surface area (Å²) in [5.41, 5.74) is 5.00. The Bertz CT molecular complexity index is 589. The van der Waals surface area contributed by atoms with E-state index >= 15 is 0 Å². The third kappa shape index (κ3) is 3.64. The average Bonchev–Trinajstić information content (AvgIpc) is 2.47. The quantitative estimate of drug-likeness (QED) is 0.881. The van der Waals surface area contributed by atoms with E-state index in [1.165, 1.54) is 22.3 Å². The van der Waals surface area contributed by atoms with Crippen molar-refractivity contribution in [1.82, 2.24) is 5.32 Å². The second-order valence-electron chi connectivity index (χ2n) is 5.70. The van der Waals surface area contributed by atoms with E-state index in [-0.39, 0.29) is 12.1 Å². The lowest BCUT2D eigenvalue weighted by Gasteiger charge is -2.26. The zero-order valence-electron chi connectivity index (χ0n) is 13.6. The molecule has 2 rings (SSSR count). The van der Waals surface area contributed by atoms with Crippen LogP contribution in [0.5, 0.6) is 5.75 Å². The summed E-state index contributed by atoms with van der Waals surface area (Å²) in [4.78, 5) is 0. The molecule has 112 valence electrons. The van der Waals surface area contributed by atoms with Gasteiger partial charge in [-0.3, -0.25) is 0 Å². The van der Waals surface area contributed by atoms with Crippen LogP contribution in [0.3, 0.4) is 0 Å². The Labute approximate surface area is 128 Å². The van der Waals surface area contributed by atoms with Gasteiger partial charge >= 0.3 is 0 Å². The van der Waals surface area contributed by atoms with Crippen LogP contribution in [-0.4, -0.2) is 13.2 Å². The number of benzene rings is 2. The highest BCUT2D eigenvalue weighted by Crippen LogP contribution is 2.26. The lowest BCUT2D eigenvalue weighted by Crippen LogP contribution is -2.31. The first kappa shape index (κ1) is 15.6. The van der Waals surface area contributed by atoms with Crippen LogP contribution in [0.4, 0.5) is 0 Å². The van der Waals surface area contributed by atoms with Crippen molar-refractivity contribution in [2.45, 2.75) is 39.8 Å². The van der Waals surface area contributed by atoms with Crippen molar-refractivity contribution in [3.05, 3.63) is 64.7 Å². The largest absolute Gasteiger partial charge is 0.488 e. The Morgan fingerprint density at radius 1 is 0.952 bits per heavy atom. The van der Waals surface area contributed by atoms with Gasteiger partial charge in [-0.05, 0) is 57.5 Å². The molecule has 0 saturated heterocycles. The molecule has 2 heteroatoms. The fourth-order valence-corrected chi connectivity index (χ4v) is 2.57.